The molecule has 1 aromatic carbocycles. The number of rotatable bonds is 10. The monoisotopic (exact) mass is 449 g/mol. The first-order chi connectivity index (χ1) is 11.2. The van der Waals surface area contributed by atoms with E-state index in [9.17, 15) is 0 Å². The zero-order valence-electron chi connectivity index (χ0n) is 15.4. The average Bonchev–Trinajstić information content (AvgIpc) is 2.57. The van der Waals surface area contributed by atoms with Crippen LogP contribution in [0.25, 0.3) is 0 Å². The topological polar surface area (TPSA) is 54.9 Å². The maximum atomic E-state index is 5.54. The molecule has 138 valence electrons. The van der Waals surface area contributed by atoms with E-state index < -0.39 is 0 Å². The summed E-state index contributed by atoms with van der Waals surface area (Å²) in [6.07, 6.45) is 3.63. The van der Waals surface area contributed by atoms with E-state index in [1.165, 1.54) is 12.8 Å². The molecular formula is C18H32IN3O2. The fourth-order valence-electron chi connectivity index (χ4n) is 2.18. The van der Waals surface area contributed by atoms with Crippen LogP contribution in [0.1, 0.15) is 45.6 Å². The SMILES string of the molecule is CCCCCNC(=NCc1ccc(OCC)c(OC)c1)NCC.I. The number of aliphatic imine (C=N–C) groups is 1. The molecule has 24 heavy (non-hydrogen) atoms. The fourth-order valence-corrected chi connectivity index (χ4v) is 2.18. The first kappa shape index (κ1) is 22.8. The van der Waals surface area contributed by atoms with Gasteiger partial charge in [-0.3, -0.25) is 0 Å². The summed E-state index contributed by atoms with van der Waals surface area (Å²) in [5.74, 6) is 2.38. The molecule has 0 aliphatic carbocycles. The van der Waals surface area contributed by atoms with Crippen LogP contribution in [0.4, 0.5) is 0 Å². The second-order valence-electron chi connectivity index (χ2n) is 5.25. The molecule has 0 radical (unpaired) electrons. The largest absolute Gasteiger partial charge is 0.493 e. The highest BCUT2D eigenvalue weighted by Crippen LogP contribution is 2.28. The van der Waals surface area contributed by atoms with Crippen LogP contribution in [0, 0.1) is 0 Å². The minimum Gasteiger partial charge on any atom is -0.493 e. The van der Waals surface area contributed by atoms with Gasteiger partial charge in [-0.25, -0.2) is 4.99 Å². The lowest BCUT2D eigenvalue weighted by Gasteiger charge is -2.12. The van der Waals surface area contributed by atoms with Crippen molar-refractivity contribution in [3.05, 3.63) is 23.8 Å². The van der Waals surface area contributed by atoms with Gasteiger partial charge in [-0.15, -0.1) is 24.0 Å². The number of hydrogen-bond acceptors (Lipinski definition) is 3. The van der Waals surface area contributed by atoms with Crippen molar-refractivity contribution in [2.45, 2.75) is 46.6 Å². The van der Waals surface area contributed by atoms with Gasteiger partial charge in [0, 0.05) is 13.1 Å². The molecule has 0 aromatic heterocycles. The van der Waals surface area contributed by atoms with Gasteiger partial charge in [-0.2, -0.15) is 0 Å². The lowest BCUT2D eigenvalue weighted by atomic mass is 10.2. The Balaban J connectivity index is 0.00000529. The van der Waals surface area contributed by atoms with Gasteiger partial charge >= 0.3 is 0 Å². The molecule has 1 aromatic rings. The lowest BCUT2D eigenvalue weighted by Crippen LogP contribution is -2.37. The Labute approximate surface area is 163 Å². The summed E-state index contributed by atoms with van der Waals surface area (Å²) in [5.41, 5.74) is 1.09. The Bertz CT molecular complexity index is 481. The highest BCUT2D eigenvalue weighted by atomic mass is 127. The molecule has 0 bridgehead atoms. The quantitative estimate of drug-likeness (QED) is 0.246. The molecule has 0 aliphatic rings. The van der Waals surface area contributed by atoms with Crippen molar-refractivity contribution in [1.82, 2.24) is 10.6 Å². The van der Waals surface area contributed by atoms with Crippen LogP contribution in [0.2, 0.25) is 0 Å². The number of methoxy groups -OCH3 is 1. The van der Waals surface area contributed by atoms with Gasteiger partial charge in [-0.1, -0.05) is 25.8 Å². The van der Waals surface area contributed by atoms with E-state index in [4.69, 9.17) is 9.47 Å². The Morgan fingerprint density at radius 2 is 1.88 bits per heavy atom. The summed E-state index contributed by atoms with van der Waals surface area (Å²) >= 11 is 0. The van der Waals surface area contributed by atoms with E-state index >= 15 is 0 Å². The molecule has 0 heterocycles. The third kappa shape index (κ3) is 8.61. The predicted octanol–water partition coefficient (Wildman–Crippen LogP) is 3.96. The summed E-state index contributed by atoms with van der Waals surface area (Å²) in [4.78, 5) is 4.63. The number of ether oxygens (including phenoxy) is 2. The molecule has 0 spiro atoms. The average molecular weight is 449 g/mol. The number of nitrogens with zero attached hydrogens (tertiary/aromatic N) is 1. The number of hydrogen-bond donors (Lipinski definition) is 2. The van der Waals surface area contributed by atoms with E-state index in [2.05, 4.69) is 29.5 Å². The van der Waals surface area contributed by atoms with E-state index in [0.717, 1.165) is 42.5 Å². The molecule has 0 amide bonds. The van der Waals surface area contributed by atoms with E-state index in [1.54, 1.807) is 7.11 Å². The van der Waals surface area contributed by atoms with E-state index in [0.29, 0.717) is 13.2 Å². The first-order valence-electron chi connectivity index (χ1n) is 8.57. The van der Waals surface area contributed by atoms with Crippen molar-refractivity contribution in [2.24, 2.45) is 4.99 Å². The summed E-state index contributed by atoms with van der Waals surface area (Å²) in [7, 11) is 1.66. The molecule has 0 fully saturated rings. The maximum absolute atomic E-state index is 5.54. The molecule has 1 rings (SSSR count). The standard InChI is InChI=1S/C18H31N3O2.HI/c1-5-8-9-12-20-18(19-6-2)21-14-15-10-11-16(23-7-3)17(13-15)22-4;/h10-11,13H,5-9,12,14H2,1-4H3,(H2,19,20,21);1H. The van der Waals surface area contributed by atoms with Crippen LogP contribution in [-0.2, 0) is 6.54 Å². The molecule has 5 nitrogen and oxygen atoms in total. The molecule has 0 unspecified atom stereocenters. The molecule has 6 heteroatoms. The van der Waals surface area contributed by atoms with Crippen LogP contribution >= 0.6 is 24.0 Å². The molecule has 0 aliphatic heterocycles. The van der Waals surface area contributed by atoms with Gasteiger partial charge in [0.15, 0.2) is 17.5 Å². The van der Waals surface area contributed by atoms with Gasteiger partial charge in [-0.05, 0) is 38.0 Å². The number of nitrogens with one attached hydrogen (secondary N) is 2. The number of benzene rings is 1. The van der Waals surface area contributed by atoms with Crippen LogP contribution < -0.4 is 20.1 Å². The Morgan fingerprint density at radius 1 is 1.08 bits per heavy atom. The summed E-state index contributed by atoms with van der Waals surface area (Å²) in [6.45, 7) is 9.27. The second-order valence-corrected chi connectivity index (χ2v) is 5.25. The Morgan fingerprint density at radius 3 is 2.50 bits per heavy atom. The van der Waals surface area contributed by atoms with Gasteiger partial charge in [0.25, 0.3) is 0 Å². The smallest absolute Gasteiger partial charge is 0.191 e. The van der Waals surface area contributed by atoms with Gasteiger partial charge in [0.1, 0.15) is 0 Å². The van der Waals surface area contributed by atoms with Gasteiger partial charge < -0.3 is 20.1 Å². The molecule has 0 atom stereocenters. The molecule has 2 N–H and O–H groups in total. The Hall–Kier alpha value is -1.18. The lowest BCUT2D eigenvalue weighted by molar-refractivity contribution is 0.310. The van der Waals surface area contributed by atoms with Gasteiger partial charge in [0.05, 0.1) is 20.3 Å². The second kappa shape index (κ2) is 14.2. The van der Waals surface area contributed by atoms with Crippen LogP contribution in [0.15, 0.2) is 23.2 Å². The van der Waals surface area contributed by atoms with Crippen LogP contribution in [0.3, 0.4) is 0 Å². The molecular weight excluding hydrogens is 417 g/mol. The third-order valence-corrected chi connectivity index (χ3v) is 3.36. The van der Waals surface area contributed by atoms with Crippen molar-refractivity contribution >= 4 is 29.9 Å². The van der Waals surface area contributed by atoms with Crippen molar-refractivity contribution in [3.8, 4) is 11.5 Å². The zero-order valence-corrected chi connectivity index (χ0v) is 17.7. The van der Waals surface area contributed by atoms with Gasteiger partial charge in [0.2, 0.25) is 0 Å². The first-order valence-corrected chi connectivity index (χ1v) is 8.57. The third-order valence-electron chi connectivity index (χ3n) is 3.36. The van der Waals surface area contributed by atoms with Crippen molar-refractivity contribution in [3.63, 3.8) is 0 Å². The summed E-state index contributed by atoms with van der Waals surface area (Å²) < 4.78 is 10.9. The number of unbranched alkanes of at least 4 members (excludes halogenated alkanes) is 2. The van der Waals surface area contributed by atoms with Crippen LogP contribution in [0.5, 0.6) is 11.5 Å². The van der Waals surface area contributed by atoms with E-state index in [-0.39, 0.29) is 24.0 Å². The fraction of sp³-hybridized carbons (Fsp3) is 0.611. The van der Waals surface area contributed by atoms with E-state index in [1.807, 2.05) is 25.1 Å². The zero-order chi connectivity index (χ0) is 16.9. The highest BCUT2D eigenvalue weighted by Gasteiger charge is 2.05. The summed E-state index contributed by atoms with van der Waals surface area (Å²) in [6, 6.07) is 5.95. The van der Waals surface area contributed by atoms with Crippen molar-refractivity contribution in [1.29, 1.82) is 0 Å². The molecule has 0 saturated carbocycles. The van der Waals surface area contributed by atoms with Crippen LogP contribution in [-0.4, -0.2) is 32.8 Å². The Kier molecular flexibility index (Phi) is 13.5. The van der Waals surface area contributed by atoms with Crippen molar-refractivity contribution < 1.29 is 9.47 Å². The predicted molar refractivity (Wildman–Crippen MR) is 112 cm³/mol. The van der Waals surface area contributed by atoms with Crippen molar-refractivity contribution in [2.75, 3.05) is 26.8 Å². The minimum absolute atomic E-state index is 0. The normalized spacial score (nSPS) is 10.8. The number of halogens is 1. The summed E-state index contributed by atoms with van der Waals surface area (Å²) in [5, 5.41) is 6.64. The highest BCUT2D eigenvalue weighted by molar-refractivity contribution is 14.0. The number of guanidine groups is 1. The maximum Gasteiger partial charge on any atom is 0.191 e. The molecule has 0 saturated heterocycles. The minimum atomic E-state index is 0.